The minimum atomic E-state index is -3.03. The van der Waals surface area contributed by atoms with E-state index in [1.165, 1.54) is 6.92 Å². The van der Waals surface area contributed by atoms with E-state index in [1.807, 2.05) is 0 Å². The number of Topliss-reactive ketones (excluding diaryl/α,β-unsaturated/α-hetero) is 1. The minimum absolute atomic E-state index is 0.0545. The van der Waals surface area contributed by atoms with Gasteiger partial charge in [0.25, 0.3) is 12.1 Å². The first kappa shape index (κ1) is 14.0. The van der Waals surface area contributed by atoms with E-state index in [2.05, 4.69) is 0 Å². The van der Waals surface area contributed by atoms with Crippen LogP contribution in [0.2, 0.25) is 0 Å². The highest BCUT2D eigenvalue weighted by Crippen LogP contribution is 2.35. The summed E-state index contributed by atoms with van der Waals surface area (Å²) < 4.78 is 30.4. The third kappa shape index (κ3) is 2.79. The third-order valence-corrected chi connectivity index (χ3v) is 2.24. The number of carbonyl (C=O) groups excluding carboxylic acids is 1. The molecule has 0 saturated carbocycles. The first-order chi connectivity index (χ1) is 8.38. The summed E-state index contributed by atoms with van der Waals surface area (Å²) in [4.78, 5) is 21.1. The smallest absolute Gasteiger partial charge is 0.282 e. The van der Waals surface area contributed by atoms with Crippen molar-refractivity contribution >= 4 is 11.5 Å². The van der Waals surface area contributed by atoms with E-state index in [9.17, 15) is 23.7 Å². The molecule has 0 aromatic heterocycles. The number of benzene rings is 1. The average Bonchev–Trinajstić information content (AvgIpc) is 2.28. The minimum Gasteiger partial charge on any atom is -0.493 e. The van der Waals surface area contributed by atoms with Crippen molar-refractivity contribution in [3.05, 3.63) is 33.4 Å². The molecular weight excluding hydrogens is 248 g/mol. The first-order valence-electron chi connectivity index (χ1n) is 5.12. The maximum atomic E-state index is 12.7. The molecule has 0 radical (unpaired) electrons. The van der Waals surface area contributed by atoms with Gasteiger partial charge in [-0.1, -0.05) is 0 Å². The Morgan fingerprint density at radius 3 is 2.50 bits per heavy atom. The number of nitro groups is 1. The Labute approximate surface area is 102 Å². The molecule has 0 bridgehead atoms. The Morgan fingerprint density at radius 2 is 2.11 bits per heavy atom. The standard InChI is InChI=1S/C11H11F2NO4/c1-3-18-10-5-9(14(16)17)8(11(12)13)4-7(10)6(2)15/h4-5,11H,3H2,1-2H3. The van der Waals surface area contributed by atoms with Gasteiger partial charge in [-0.2, -0.15) is 0 Å². The first-order valence-corrected chi connectivity index (χ1v) is 5.12. The molecule has 5 nitrogen and oxygen atoms in total. The van der Waals surface area contributed by atoms with Gasteiger partial charge in [0.05, 0.1) is 28.7 Å². The van der Waals surface area contributed by atoms with Crippen LogP contribution in [0.5, 0.6) is 5.75 Å². The molecule has 0 heterocycles. The van der Waals surface area contributed by atoms with E-state index in [1.54, 1.807) is 6.92 Å². The summed E-state index contributed by atoms with van der Waals surface area (Å²) in [5.74, 6) is -0.545. The zero-order valence-electron chi connectivity index (χ0n) is 9.78. The molecule has 0 amide bonds. The SMILES string of the molecule is CCOc1cc([N+](=O)[O-])c(C(F)F)cc1C(C)=O. The van der Waals surface area contributed by atoms with E-state index in [4.69, 9.17) is 4.74 Å². The Hall–Kier alpha value is -2.05. The number of nitrogens with zero attached hydrogens (tertiary/aromatic N) is 1. The molecule has 1 aromatic rings. The molecule has 7 heteroatoms. The molecular formula is C11H11F2NO4. The number of hydrogen-bond donors (Lipinski definition) is 0. The largest absolute Gasteiger partial charge is 0.493 e. The summed E-state index contributed by atoms with van der Waals surface area (Å²) in [5.41, 5.74) is -1.62. The molecule has 0 aliphatic carbocycles. The van der Waals surface area contributed by atoms with Gasteiger partial charge in [-0.05, 0) is 19.9 Å². The summed E-state index contributed by atoms with van der Waals surface area (Å²) in [5, 5.41) is 10.7. The summed E-state index contributed by atoms with van der Waals surface area (Å²) in [6, 6.07) is 1.68. The number of carbonyl (C=O) groups is 1. The van der Waals surface area contributed by atoms with Gasteiger partial charge in [-0.3, -0.25) is 14.9 Å². The Morgan fingerprint density at radius 1 is 1.50 bits per heavy atom. The molecule has 98 valence electrons. The van der Waals surface area contributed by atoms with Crippen LogP contribution in [0.25, 0.3) is 0 Å². The van der Waals surface area contributed by atoms with Crippen molar-refractivity contribution in [2.75, 3.05) is 6.61 Å². The molecule has 0 N–H and O–H groups in total. The van der Waals surface area contributed by atoms with Crippen LogP contribution in [-0.4, -0.2) is 17.3 Å². The van der Waals surface area contributed by atoms with E-state index >= 15 is 0 Å². The molecule has 0 spiro atoms. The van der Waals surface area contributed by atoms with Crippen LogP contribution >= 0.6 is 0 Å². The highest BCUT2D eigenvalue weighted by Gasteiger charge is 2.26. The number of rotatable bonds is 5. The molecule has 0 atom stereocenters. The van der Waals surface area contributed by atoms with Crippen molar-refractivity contribution < 1.29 is 23.2 Å². The van der Waals surface area contributed by atoms with Crippen LogP contribution in [0.1, 0.15) is 36.2 Å². The van der Waals surface area contributed by atoms with Crippen LogP contribution in [0.3, 0.4) is 0 Å². The Balaban J connectivity index is 3.49. The van der Waals surface area contributed by atoms with Crippen molar-refractivity contribution in [3.63, 3.8) is 0 Å². The molecule has 0 aliphatic rings. The second-order valence-corrected chi connectivity index (χ2v) is 3.45. The van der Waals surface area contributed by atoms with Gasteiger partial charge >= 0.3 is 0 Å². The predicted octanol–water partition coefficient (Wildman–Crippen LogP) is 3.13. The monoisotopic (exact) mass is 259 g/mol. The average molecular weight is 259 g/mol. The summed E-state index contributed by atoms with van der Waals surface area (Å²) >= 11 is 0. The van der Waals surface area contributed by atoms with Crippen LogP contribution in [0.15, 0.2) is 12.1 Å². The van der Waals surface area contributed by atoms with Gasteiger partial charge in [-0.25, -0.2) is 8.78 Å². The van der Waals surface area contributed by atoms with Crippen LogP contribution < -0.4 is 4.74 Å². The van der Waals surface area contributed by atoms with E-state index in [0.717, 1.165) is 12.1 Å². The van der Waals surface area contributed by atoms with Crippen LogP contribution in [0.4, 0.5) is 14.5 Å². The fourth-order valence-corrected chi connectivity index (χ4v) is 1.47. The topological polar surface area (TPSA) is 69.4 Å². The lowest BCUT2D eigenvalue weighted by atomic mass is 10.0. The van der Waals surface area contributed by atoms with Crippen molar-refractivity contribution in [2.45, 2.75) is 20.3 Å². The van der Waals surface area contributed by atoms with Crippen molar-refractivity contribution in [2.24, 2.45) is 0 Å². The zero-order valence-corrected chi connectivity index (χ0v) is 9.78. The highest BCUT2D eigenvalue weighted by molar-refractivity contribution is 5.97. The molecule has 18 heavy (non-hydrogen) atoms. The van der Waals surface area contributed by atoms with E-state index < -0.39 is 28.4 Å². The molecule has 1 aromatic carbocycles. The number of ether oxygens (including phenoxy) is 1. The van der Waals surface area contributed by atoms with Crippen molar-refractivity contribution in [1.29, 1.82) is 0 Å². The van der Waals surface area contributed by atoms with Crippen molar-refractivity contribution in [3.8, 4) is 5.75 Å². The van der Waals surface area contributed by atoms with Crippen LogP contribution in [0, 0.1) is 10.1 Å². The second kappa shape index (κ2) is 5.52. The molecule has 0 unspecified atom stereocenters. The van der Waals surface area contributed by atoms with E-state index in [-0.39, 0.29) is 17.9 Å². The summed E-state index contributed by atoms with van der Waals surface area (Å²) in [7, 11) is 0. The Kier molecular flexibility index (Phi) is 4.30. The normalized spacial score (nSPS) is 10.5. The number of ketones is 1. The third-order valence-electron chi connectivity index (χ3n) is 2.24. The molecule has 0 fully saturated rings. The maximum Gasteiger partial charge on any atom is 0.282 e. The van der Waals surface area contributed by atoms with Gasteiger partial charge in [0, 0.05) is 0 Å². The fourth-order valence-electron chi connectivity index (χ4n) is 1.47. The maximum absolute atomic E-state index is 12.7. The Bertz CT molecular complexity index is 488. The lowest BCUT2D eigenvalue weighted by molar-refractivity contribution is -0.386. The van der Waals surface area contributed by atoms with Gasteiger partial charge in [-0.15, -0.1) is 0 Å². The lowest BCUT2D eigenvalue weighted by Gasteiger charge is -2.10. The van der Waals surface area contributed by atoms with Crippen molar-refractivity contribution in [1.82, 2.24) is 0 Å². The fraction of sp³-hybridized carbons (Fsp3) is 0.364. The van der Waals surface area contributed by atoms with Gasteiger partial charge in [0.15, 0.2) is 5.78 Å². The molecule has 1 rings (SSSR count). The summed E-state index contributed by atoms with van der Waals surface area (Å²) in [6.45, 7) is 2.97. The van der Waals surface area contributed by atoms with Gasteiger partial charge in [0.2, 0.25) is 0 Å². The quantitative estimate of drug-likeness (QED) is 0.462. The molecule has 0 saturated heterocycles. The number of hydrogen-bond acceptors (Lipinski definition) is 4. The number of alkyl halides is 2. The summed E-state index contributed by atoms with van der Waals surface area (Å²) in [6.07, 6.45) is -3.03. The van der Waals surface area contributed by atoms with E-state index in [0.29, 0.717) is 0 Å². The van der Waals surface area contributed by atoms with Gasteiger partial charge in [0.1, 0.15) is 5.75 Å². The second-order valence-electron chi connectivity index (χ2n) is 3.45. The van der Waals surface area contributed by atoms with Gasteiger partial charge < -0.3 is 4.74 Å². The number of halogens is 2. The number of nitro benzene ring substituents is 1. The zero-order chi connectivity index (χ0) is 13.9. The van der Waals surface area contributed by atoms with Crippen LogP contribution in [-0.2, 0) is 0 Å². The highest BCUT2D eigenvalue weighted by atomic mass is 19.3. The lowest BCUT2D eigenvalue weighted by Crippen LogP contribution is -2.05. The predicted molar refractivity (Wildman–Crippen MR) is 59.2 cm³/mol. The molecule has 0 aliphatic heterocycles.